The normalized spacial score (nSPS) is 20.5. The van der Waals surface area contributed by atoms with Gasteiger partial charge in [0.2, 0.25) is 5.91 Å². The minimum atomic E-state index is -0.0146. The Kier molecular flexibility index (Phi) is 6.76. The molecule has 2 atom stereocenters. The van der Waals surface area contributed by atoms with Crippen molar-refractivity contribution in [1.82, 2.24) is 14.7 Å². The van der Waals surface area contributed by atoms with Crippen molar-refractivity contribution in [2.75, 3.05) is 32.7 Å². The number of carbonyl (C=O) groups is 2. The molecule has 1 fully saturated rings. The molecule has 0 N–H and O–H groups in total. The van der Waals surface area contributed by atoms with E-state index in [2.05, 4.69) is 47.5 Å². The highest BCUT2D eigenvalue weighted by atomic mass is 32.1. The smallest absolute Gasteiger partial charge is 0.254 e. The summed E-state index contributed by atoms with van der Waals surface area (Å²) in [5, 5.41) is 2.17. The molecule has 35 heavy (non-hydrogen) atoms. The third-order valence-corrected chi connectivity index (χ3v) is 8.33. The summed E-state index contributed by atoms with van der Waals surface area (Å²) >= 11 is 1.82. The van der Waals surface area contributed by atoms with Gasteiger partial charge in [0.25, 0.3) is 5.91 Å². The van der Waals surface area contributed by atoms with Crippen molar-refractivity contribution in [3.05, 3.63) is 92.7 Å². The first-order chi connectivity index (χ1) is 16.9. The molecule has 1 saturated heterocycles. The standard InChI is InChI=1S/C29H33N3O2S/c1-20-4-8-23(9-5-20)28-25-13-17-35-26(25)12-14-31(28)19-27(33)30-15-16-32(22(3)18-30)29(34)24-10-6-21(2)7-11-24/h4-11,13,17,22,28H,12,14-16,18-19H2,1-3H3/t22-,28+/m1/s1. The van der Waals surface area contributed by atoms with Gasteiger partial charge in [0.1, 0.15) is 0 Å². The molecule has 1 aromatic heterocycles. The number of rotatable bonds is 4. The van der Waals surface area contributed by atoms with Crippen LogP contribution in [-0.2, 0) is 11.2 Å². The van der Waals surface area contributed by atoms with Gasteiger partial charge in [-0.2, -0.15) is 0 Å². The van der Waals surface area contributed by atoms with Crippen molar-refractivity contribution in [3.8, 4) is 0 Å². The summed E-state index contributed by atoms with van der Waals surface area (Å²) in [4.78, 5) is 34.1. The summed E-state index contributed by atoms with van der Waals surface area (Å²) in [5.41, 5.74) is 5.67. The number of fused-ring (bicyclic) bond motifs is 1. The second kappa shape index (κ2) is 9.96. The van der Waals surface area contributed by atoms with Crippen LogP contribution in [0.3, 0.4) is 0 Å². The van der Waals surface area contributed by atoms with Crippen LogP contribution in [0.5, 0.6) is 0 Å². The summed E-state index contributed by atoms with van der Waals surface area (Å²) in [7, 11) is 0. The van der Waals surface area contributed by atoms with Crippen molar-refractivity contribution >= 4 is 23.2 Å². The number of thiophene rings is 1. The zero-order chi connectivity index (χ0) is 24.5. The summed E-state index contributed by atoms with van der Waals surface area (Å²) < 4.78 is 0. The third kappa shape index (κ3) is 4.91. The van der Waals surface area contributed by atoms with E-state index in [-0.39, 0.29) is 23.9 Å². The van der Waals surface area contributed by atoms with Crippen LogP contribution in [0.2, 0.25) is 0 Å². The molecule has 0 aliphatic carbocycles. The van der Waals surface area contributed by atoms with E-state index in [1.807, 2.05) is 59.2 Å². The molecule has 3 heterocycles. The van der Waals surface area contributed by atoms with E-state index in [1.165, 1.54) is 21.6 Å². The van der Waals surface area contributed by atoms with Crippen LogP contribution in [0, 0.1) is 13.8 Å². The monoisotopic (exact) mass is 487 g/mol. The van der Waals surface area contributed by atoms with Crippen LogP contribution < -0.4 is 0 Å². The van der Waals surface area contributed by atoms with E-state index in [0.717, 1.165) is 18.5 Å². The van der Waals surface area contributed by atoms with Crippen LogP contribution in [-0.4, -0.2) is 65.3 Å². The van der Waals surface area contributed by atoms with E-state index in [0.29, 0.717) is 31.7 Å². The van der Waals surface area contributed by atoms with Gasteiger partial charge in [0.05, 0.1) is 12.6 Å². The van der Waals surface area contributed by atoms with Gasteiger partial charge in [-0.1, -0.05) is 47.5 Å². The molecule has 0 radical (unpaired) electrons. The first kappa shape index (κ1) is 23.8. The Bertz CT molecular complexity index is 1200. The minimum Gasteiger partial charge on any atom is -0.338 e. The molecule has 2 aliphatic rings. The minimum absolute atomic E-state index is 0.0146. The maximum Gasteiger partial charge on any atom is 0.254 e. The molecular weight excluding hydrogens is 454 g/mol. The molecule has 5 nitrogen and oxygen atoms in total. The number of benzene rings is 2. The number of piperazine rings is 1. The van der Waals surface area contributed by atoms with Gasteiger partial charge in [-0.25, -0.2) is 0 Å². The Balaban J connectivity index is 1.27. The molecule has 2 aliphatic heterocycles. The lowest BCUT2D eigenvalue weighted by Crippen LogP contribution is -2.57. The van der Waals surface area contributed by atoms with Crippen molar-refractivity contribution in [2.45, 2.75) is 39.3 Å². The molecule has 2 amide bonds. The largest absolute Gasteiger partial charge is 0.338 e. The number of nitrogens with zero attached hydrogens (tertiary/aromatic N) is 3. The van der Waals surface area contributed by atoms with Crippen LogP contribution in [0.4, 0.5) is 0 Å². The Morgan fingerprint density at radius 1 is 0.914 bits per heavy atom. The van der Waals surface area contributed by atoms with E-state index in [1.54, 1.807) is 0 Å². The van der Waals surface area contributed by atoms with E-state index in [9.17, 15) is 9.59 Å². The third-order valence-electron chi connectivity index (χ3n) is 7.34. The zero-order valence-corrected chi connectivity index (χ0v) is 21.6. The second-order valence-corrected chi connectivity index (χ2v) is 10.9. The maximum absolute atomic E-state index is 13.5. The van der Waals surface area contributed by atoms with Crippen LogP contribution >= 0.6 is 11.3 Å². The highest BCUT2D eigenvalue weighted by molar-refractivity contribution is 7.10. The van der Waals surface area contributed by atoms with Crippen molar-refractivity contribution in [1.29, 1.82) is 0 Å². The van der Waals surface area contributed by atoms with Crippen LogP contribution in [0.15, 0.2) is 60.0 Å². The van der Waals surface area contributed by atoms with Gasteiger partial charge < -0.3 is 9.80 Å². The molecule has 0 spiro atoms. The summed E-state index contributed by atoms with van der Waals surface area (Å²) in [6.07, 6.45) is 0.984. The van der Waals surface area contributed by atoms with Gasteiger partial charge in [-0.3, -0.25) is 14.5 Å². The Morgan fingerprint density at radius 3 is 2.29 bits per heavy atom. The Labute approximate surface area is 212 Å². The Hall–Kier alpha value is -2.96. The van der Waals surface area contributed by atoms with Crippen LogP contribution in [0.1, 0.15) is 50.5 Å². The molecule has 5 rings (SSSR count). The highest BCUT2D eigenvalue weighted by Gasteiger charge is 2.34. The lowest BCUT2D eigenvalue weighted by molar-refractivity contribution is -0.135. The molecule has 2 aromatic carbocycles. The average molecular weight is 488 g/mol. The number of hydrogen-bond acceptors (Lipinski definition) is 4. The van der Waals surface area contributed by atoms with Gasteiger partial charge in [0, 0.05) is 42.7 Å². The lowest BCUT2D eigenvalue weighted by Gasteiger charge is -2.42. The van der Waals surface area contributed by atoms with Crippen molar-refractivity contribution in [2.24, 2.45) is 0 Å². The van der Waals surface area contributed by atoms with E-state index in [4.69, 9.17) is 0 Å². The summed E-state index contributed by atoms with van der Waals surface area (Å²) in [6.45, 7) is 9.15. The van der Waals surface area contributed by atoms with Gasteiger partial charge >= 0.3 is 0 Å². The SMILES string of the molecule is Cc1ccc(C(=O)N2CCN(C(=O)CN3CCc4sccc4[C@@H]3c3ccc(C)cc3)C[C@H]2C)cc1. The average Bonchev–Trinajstić information content (AvgIpc) is 3.33. The van der Waals surface area contributed by atoms with E-state index >= 15 is 0 Å². The second-order valence-electron chi connectivity index (χ2n) is 9.89. The van der Waals surface area contributed by atoms with Gasteiger partial charge in [0.15, 0.2) is 0 Å². The molecule has 0 saturated carbocycles. The molecular formula is C29H33N3O2S. The van der Waals surface area contributed by atoms with E-state index < -0.39 is 0 Å². The summed E-state index contributed by atoms with van der Waals surface area (Å²) in [5.74, 6) is 0.195. The topological polar surface area (TPSA) is 43.9 Å². The Morgan fingerprint density at radius 2 is 1.60 bits per heavy atom. The fraction of sp³-hybridized carbons (Fsp3) is 0.379. The molecule has 0 bridgehead atoms. The van der Waals surface area contributed by atoms with Crippen LogP contribution in [0.25, 0.3) is 0 Å². The predicted octanol–water partition coefficient (Wildman–Crippen LogP) is 4.69. The quantitative estimate of drug-likeness (QED) is 0.537. The predicted molar refractivity (Wildman–Crippen MR) is 141 cm³/mol. The fourth-order valence-corrected chi connectivity index (χ4v) is 6.20. The van der Waals surface area contributed by atoms with Crippen molar-refractivity contribution in [3.63, 3.8) is 0 Å². The number of hydrogen-bond donors (Lipinski definition) is 0. The lowest BCUT2D eigenvalue weighted by atomic mass is 9.92. The van der Waals surface area contributed by atoms with Gasteiger partial charge in [-0.05, 0) is 61.9 Å². The number of carbonyl (C=O) groups excluding carboxylic acids is 2. The number of amides is 2. The van der Waals surface area contributed by atoms with Gasteiger partial charge in [-0.15, -0.1) is 11.3 Å². The summed E-state index contributed by atoms with van der Waals surface area (Å²) in [6, 6.07) is 18.7. The molecule has 3 aromatic rings. The molecule has 0 unspecified atom stereocenters. The zero-order valence-electron chi connectivity index (χ0n) is 20.7. The fourth-order valence-electron chi connectivity index (χ4n) is 5.30. The number of aryl methyl sites for hydroxylation is 2. The maximum atomic E-state index is 13.5. The molecule has 182 valence electrons. The van der Waals surface area contributed by atoms with Crippen molar-refractivity contribution < 1.29 is 9.59 Å². The molecule has 6 heteroatoms. The first-order valence-corrected chi connectivity index (χ1v) is 13.3. The highest BCUT2D eigenvalue weighted by Crippen LogP contribution is 2.37. The first-order valence-electron chi connectivity index (χ1n) is 12.4.